The average molecular weight is 202 g/mol. The van der Waals surface area contributed by atoms with Crippen molar-refractivity contribution >= 4 is 16.8 Å². The lowest BCUT2D eigenvalue weighted by Crippen LogP contribution is -1.97. The van der Waals surface area contributed by atoms with Gasteiger partial charge in [0, 0.05) is 12.0 Å². The number of rotatable bonds is 3. The largest absolute Gasteiger partial charge is 0.342 e. The van der Waals surface area contributed by atoms with Crippen LogP contribution in [-0.4, -0.2) is 15.8 Å². The molecule has 0 radical (unpaired) electrons. The van der Waals surface area contributed by atoms with Gasteiger partial charge in [0.15, 0.2) is 5.78 Å². The van der Waals surface area contributed by atoms with Gasteiger partial charge in [0.2, 0.25) is 0 Å². The minimum Gasteiger partial charge on any atom is -0.342 e. The Bertz CT molecular complexity index is 499. The number of hydrogen-bond donors (Lipinski definition) is 1. The van der Waals surface area contributed by atoms with Crippen molar-refractivity contribution in [1.82, 2.24) is 9.97 Å². The molecule has 0 aliphatic heterocycles. The van der Waals surface area contributed by atoms with Gasteiger partial charge in [0.25, 0.3) is 0 Å². The molecule has 0 atom stereocenters. The maximum Gasteiger partial charge on any atom is 0.162 e. The van der Waals surface area contributed by atoms with E-state index in [0.717, 1.165) is 28.8 Å². The Kier molecular flexibility index (Phi) is 2.54. The van der Waals surface area contributed by atoms with Crippen molar-refractivity contribution in [1.29, 1.82) is 0 Å². The minimum absolute atomic E-state index is 0.201. The van der Waals surface area contributed by atoms with Crippen LogP contribution in [0, 0.1) is 6.92 Å². The molecule has 15 heavy (non-hydrogen) atoms. The van der Waals surface area contributed by atoms with E-state index in [0.29, 0.717) is 6.42 Å². The molecule has 3 nitrogen and oxygen atoms in total. The van der Waals surface area contributed by atoms with E-state index in [-0.39, 0.29) is 5.78 Å². The van der Waals surface area contributed by atoms with Crippen LogP contribution in [0.4, 0.5) is 0 Å². The Hall–Kier alpha value is -1.64. The van der Waals surface area contributed by atoms with Crippen LogP contribution >= 0.6 is 0 Å². The van der Waals surface area contributed by atoms with E-state index < -0.39 is 0 Å². The van der Waals surface area contributed by atoms with Crippen LogP contribution in [-0.2, 0) is 0 Å². The van der Waals surface area contributed by atoms with E-state index in [2.05, 4.69) is 9.97 Å². The number of nitrogens with zero attached hydrogens (tertiary/aromatic N) is 1. The van der Waals surface area contributed by atoms with Gasteiger partial charge in [-0.25, -0.2) is 4.98 Å². The number of aromatic nitrogens is 2. The number of carbonyl (C=O) groups is 1. The molecular weight excluding hydrogens is 188 g/mol. The van der Waals surface area contributed by atoms with Gasteiger partial charge in [-0.15, -0.1) is 0 Å². The molecule has 2 rings (SSSR count). The summed E-state index contributed by atoms with van der Waals surface area (Å²) in [5.74, 6) is 1.08. The molecule has 0 spiro atoms. The second kappa shape index (κ2) is 3.85. The molecule has 1 aromatic carbocycles. The molecule has 0 aliphatic rings. The van der Waals surface area contributed by atoms with E-state index in [4.69, 9.17) is 0 Å². The van der Waals surface area contributed by atoms with Gasteiger partial charge in [-0.2, -0.15) is 0 Å². The van der Waals surface area contributed by atoms with Crippen molar-refractivity contribution < 1.29 is 4.79 Å². The van der Waals surface area contributed by atoms with Crippen molar-refractivity contribution in [3.05, 3.63) is 29.6 Å². The molecule has 0 saturated heterocycles. The highest BCUT2D eigenvalue weighted by molar-refractivity contribution is 5.98. The van der Waals surface area contributed by atoms with Gasteiger partial charge in [0.05, 0.1) is 11.0 Å². The molecule has 3 heteroatoms. The monoisotopic (exact) mass is 202 g/mol. The summed E-state index contributed by atoms with van der Waals surface area (Å²) in [6, 6.07) is 5.62. The maximum atomic E-state index is 11.7. The summed E-state index contributed by atoms with van der Waals surface area (Å²) in [5.41, 5.74) is 2.63. The number of nitrogens with one attached hydrogen (secondary N) is 1. The highest BCUT2D eigenvalue weighted by Gasteiger charge is 2.06. The first-order chi connectivity index (χ1) is 7.20. The molecule has 0 fully saturated rings. The Morgan fingerprint density at radius 2 is 2.27 bits per heavy atom. The van der Waals surface area contributed by atoms with E-state index in [1.807, 2.05) is 32.0 Å². The number of Topliss-reactive ketones (excluding diaryl/α,β-unsaturated/α-hetero) is 1. The number of carbonyl (C=O) groups excluding carboxylic acids is 1. The summed E-state index contributed by atoms with van der Waals surface area (Å²) in [6.45, 7) is 3.92. The molecule has 2 aromatic rings. The predicted octanol–water partition coefficient (Wildman–Crippen LogP) is 2.85. The Morgan fingerprint density at radius 3 is 3.00 bits per heavy atom. The summed E-state index contributed by atoms with van der Waals surface area (Å²) in [7, 11) is 0. The normalized spacial score (nSPS) is 10.8. The molecular formula is C12H14N2O. The lowest BCUT2D eigenvalue weighted by molar-refractivity contribution is 0.0982. The second-order valence-corrected chi connectivity index (χ2v) is 3.73. The van der Waals surface area contributed by atoms with E-state index in [1.165, 1.54) is 0 Å². The first kappa shape index (κ1) is 9.90. The van der Waals surface area contributed by atoms with Gasteiger partial charge in [0.1, 0.15) is 5.82 Å². The molecule has 0 unspecified atom stereocenters. The van der Waals surface area contributed by atoms with E-state index in [1.54, 1.807) is 0 Å². The van der Waals surface area contributed by atoms with Crippen molar-refractivity contribution in [3.63, 3.8) is 0 Å². The van der Waals surface area contributed by atoms with Crippen molar-refractivity contribution in [3.8, 4) is 0 Å². The third-order valence-electron chi connectivity index (χ3n) is 2.40. The second-order valence-electron chi connectivity index (χ2n) is 3.73. The van der Waals surface area contributed by atoms with Gasteiger partial charge in [-0.3, -0.25) is 4.79 Å². The summed E-state index contributed by atoms with van der Waals surface area (Å²) in [6.07, 6.45) is 1.50. The average Bonchev–Trinajstić information content (AvgIpc) is 2.57. The molecule has 1 aromatic heterocycles. The van der Waals surface area contributed by atoms with Crippen LogP contribution in [0.2, 0.25) is 0 Å². The van der Waals surface area contributed by atoms with Gasteiger partial charge < -0.3 is 4.98 Å². The smallest absolute Gasteiger partial charge is 0.162 e. The molecule has 1 heterocycles. The van der Waals surface area contributed by atoms with Crippen LogP contribution in [0.25, 0.3) is 11.0 Å². The van der Waals surface area contributed by atoms with Crippen molar-refractivity contribution in [2.24, 2.45) is 0 Å². The lowest BCUT2D eigenvalue weighted by Gasteiger charge is -1.98. The number of ketones is 1. The number of fused-ring (bicyclic) bond motifs is 1. The number of benzene rings is 1. The third-order valence-corrected chi connectivity index (χ3v) is 2.40. The first-order valence-corrected chi connectivity index (χ1v) is 5.20. The van der Waals surface area contributed by atoms with Gasteiger partial charge in [-0.1, -0.05) is 6.92 Å². The van der Waals surface area contributed by atoms with Crippen molar-refractivity contribution in [2.45, 2.75) is 26.7 Å². The number of hydrogen-bond acceptors (Lipinski definition) is 2. The zero-order valence-electron chi connectivity index (χ0n) is 9.00. The summed E-state index contributed by atoms with van der Waals surface area (Å²) in [5, 5.41) is 0. The van der Waals surface area contributed by atoms with Crippen LogP contribution in [0.5, 0.6) is 0 Å². The van der Waals surface area contributed by atoms with E-state index >= 15 is 0 Å². The lowest BCUT2D eigenvalue weighted by atomic mass is 10.1. The SMILES string of the molecule is CCCC(=O)c1ccc2nc(C)[nH]c2c1. The topological polar surface area (TPSA) is 45.8 Å². The standard InChI is InChI=1S/C12H14N2O/c1-3-4-12(15)9-5-6-10-11(7-9)14-8(2)13-10/h5-7H,3-4H2,1-2H3,(H,13,14). The van der Waals surface area contributed by atoms with Crippen molar-refractivity contribution in [2.75, 3.05) is 0 Å². The minimum atomic E-state index is 0.201. The summed E-state index contributed by atoms with van der Waals surface area (Å²) >= 11 is 0. The van der Waals surface area contributed by atoms with E-state index in [9.17, 15) is 4.79 Å². The highest BCUT2D eigenvalue weighted by atomic mass is 16.1. The molecule has 78 valence electrons. The van der Waals surface area contributed by atoms with Crippen LogP contribution in [0.15, 0.2) is 18.2 Å². The Labute approximate surface area is 88.5 Å². The predicted molar refractivity (Wildman–Crippen MR) is 60.1 cm³/mol. The zero-order chi connectivity index (χ0) is 10.8. The quantitative estimate of drug-likeness (QED) is 0.778. The Morgan fingerprint density at radius 1 is 1.47 bits per heavy atom. The van der Waals surface area contributed by atoms with Gasteiger partial charge in [-0.05, 0) is 31.5 Å². The molecule has 0 aliphatic carbocycles. The van der Waals surface area contributed by atoms with Crippen LogP contribution in [0.1, 0.15) is 35.9 Å². The van der Waals surface area contributed by atoms with Crippen LogP contribution < -0.4 is 0 Å². The van der Waals surface area contributed by atoms with Crippen LogP contribution in [0.3, 0.4) is 0 Å². The number of aromatic amines is 1. The zero-order valence-corrected chi connectivity index (χ0v) is 9.00. The third kappa shape index (κ3) is 1.91. The number of H-pyrrole nitrogens is 1. The number of imidazole rings is 1. The molecule has 0 amide bonds. The highest BCUT2D eigenvalue weighted by Crippen LogP contribution is 2.15. The summed E-state index contributed by atoms with van der Waals surface area (Å²) in [4.78, 5) is 19.1. The molecule has 0 saturated carbocycles. The first-order valence-electron chi connectivity index (χ1n) is 5.20. The fraction of sp³-hybridized carbons (Fsp3) is 0.333. The fourth-order valence-electron chi connectivity index (χ4n) is 1.68. The maximum absolute atomic E-state index is 11.7. The molecule has 0 bridgehead atoms. The number of aryl methyl sites for hydroxylation is 1. The molecule has 1 N–H and O–H groups in total. The summed E-state index contributed by atoms with van der Waals surface area (Å²) < 4.78 is 0. The fourth-order valence-corrected chi connectivity index (χ4v) is 1.68. The van der Waals surface area contributed by atoms with Gasteiger partial charge >= 0.3 is 0 Å². The Balaban J connectivity index is 2.41.